The van der Waals surface area contributed by atoms with Crippen LogP contribution in [0, 0.1) is 0 Å². The van der Waals surface area contributed by atoms with Crippen LogP contribution in [0.5, 0.6) is 0 Å². The fourth-order valence-electron chi connectivity index (χ4n) is 3.50. The van der Waals surface area contributed by atoms with Crippen molar-refractivity contribution in [2.24, 2.45) is 0 Å². The number of rotatable bonds is 4. The molecule has 0 spiro atoms. The Morgan fingerprint density at radius 1 is 1.03 bits per heavy atom. The molecule has 30 heavy (non-hydrogen) atoms. The number of Topliss-reactive ketones (excluding diaryl/α,β-unsaturated/α-hetero) is 1. The predicted octanol–water partition coefficient (Wildman–Crippen LogP) is 3.86. The van der Waals surface area contributed by atoms with E-state index in [0.717, 1.165) is 0 Å². The van der Waals surface area contributed by atoms with Gasteiger partial charge in [0.25, 0.3) is 11.7 Å². The van der Waals surface area contributed by atoms with Crippen LogP contribution in [0.25, 0.3) is 5.76 Å². The van der Waals surface area contributed by atoms with Crippen molar-refractivity contribution in [2.45, 2.75) is 13.0 Å². The van der Waals surface area contributed by atoms with Gasteiger partial charge in [0.2, 0.25) is 5.91 Å². The van der Waals surface area contributed by atoms with E-state index in [2.05, 4.69) is 5.32 Å². The standard InChI is InChI=1S/C23H18N2O5/c1-14(26)24-16-9-5-10-17(13-16)25-20(18-11-6-12-30-18)19(22(28)23(25)29)21(27)15-7-3-2-4-8-15/h2-13,20,27H,1H3,(H,24,26)/b21-19-. The van der Waals surface area contributed by atoms with Crippen LogP contribution >= 0.6 is 0 Å². The third-order valence-electron chi connectivity index (χ3n) is 4.75. The third-order valence-corrected chi connectivity index (χ3v) is 4.75. The smallest absolute Gasteiger partial charge is 0.300 e. The van der Waals surface area contributed by atoms with Crippen LogP contribution in [-0.4, -0.2) is 22.7 Å². The SMILES string of the molecule is CC(=O)Nc1cccc(N2C(=O)C(=O)/C(=C(\O)c3ccccc3)C2c2ccco2)c1. The predicted molar refractivity (Wildman–Crippen MR) is 111 cm³/mol. The van der Waals surface area contributed by atoms with Gasteiger partial charge < -0.3 is 14.8 Å². The second kappa shape index (κ2) is 7.71. The number of ketones is 1. The highest BCUT2D eigenvalue weighted by Crippen LogP contribution is 2.42. The maximum atomic E-state index is 13.0. The van der Waals surface area contributed by atoms with E-state index in [1.807, 2.05) is 0 Å². The first-order valence-corrected chi connectivity index (χ1v) is 9.25. The van der Waals surface area contributed by atoms with E-state index in [9.17, 15) is 19.5 Å². The lowest BCUT2D eigenvalue weighted by atomic mass is 9.99. The third kappa shape index (κ3) is 3.37. The average Bonchev–Trinajstić information content (AvgIpc) is 3.35. The number of amides is 2. The molecule has 7 heteroatoms. The highest BCUT2D eigenvalue weighted by Gasteiger charge is 2.48. The summed E-state index contributed by atoms with van der Waals surface area (Å²) < 4.78 is 5.52. The highest BCUT2D eigenvalue weighted by atomic mass is 16.3. The molecule has 1 aliphatic heterocycles. The van der Waals surface area contributed by atoms with Crippen LogP contribution in [0.15, 0.2) is 83.0 Å². The number of aliphatic hydroxyl groups is 1. The Morgan fingerprint density at radius 2 is 1.80 bits per heavy atom. The molecule has 4 rings (SSSR count). The molecule has 1 aromatic heterocycles. The summed E-state index contributed by atoms with van der Waals surface area (Å²) in [7, 11) is 0. The van der Waals surface area contributed by atoms with Crippen LogP contribution in [0.4, 0.5) is 11.4 Å². The second-order valence-corrected chi connectivity index (χ2v) is 6.78. The van der Waals surface area contributed by atoms with Gasteiger partial charge in [-0.2, -0.15) is 0 Å². The van der Waals surface area contributed by atoms with Gasteiger partial charge in [0, 0.05) is 23.9 Å². The molecular formula is C23H18N2O5. The molecule has 1 saturated heterocycles. The van der Waals surface area contributed by atoms with Crippen LogP contribution in [0.1, 0.15) is 24.3 Å². The summed E-state index contributed by atoms with van der Waals surface area (Å²) in [6.45, 7) is 1.38. The molecular weight excluding hydrogens is 384 g/mol. The Kier molecular flexibility index (Phi) is 4.93. The van der Waals surface area contributed by atoms with Crippen molar-refractivity contribution in [2.75, 3.05) is 10.2 Å². The normalized spacial score (nSPS) is 17.9. The van der Waals surface area contributed by atoms with Crippen molar-refractivity contribution in [3.05, 3.63) is 89.9 Å². The lowest BCUT2D eigenvalue weighted by Crippen LogP contribution is -2.29. The summed E-state index contributed by atoms with van der Waals surface area (Å²) >= 11 is 0. The maximum absolute atomic E-state index is 13.0. The molecule has 2 heterocycles. The van der Waals surface area contributed by atoms with Crippen LogP contribution in [0.2, 0.25) is 0 Å². The lowest BCUT2D eigenvalue weighted by Gasteiger charge is -2.23. The van der Waals surface area contributed by atoms with E-state index in [4.69, 9.17) is 4.42 Å². The zero-order valence-electron chi connectivity index (χ0n) is 16.0. The molecule has 2 N–H and O–H groups in total. The zero-order chi connectivity index (χ0) is 21.3. The number of nitrogens with zero attached hydrogens (tertiary/aromatic N) is 1. The number of carbonyl (C=O) groups excluding carboxylic acids is 3. The topological polar surface area (TPSA) is 99.9 Å². The average molecular weight is 402 g/mol. The molecule has 3 aromatic rings. The Balaban J connectivity index is 1.88. The molecule has 1 fully saturated rings. The molecule has 1 unspecified atom stereocenters. The Hall–Kier alpha value is -4.13. The monoisotopic (exact) mass is 402 g/mol. The minimum Gasteiger partial charge on any atom is -0.507 e. The van der Waals surface area contributed by atoms with Crippen molar-refractivity contribution >= 4 is 34.7 Å². The first kappa shape index (κ1) is 19.2. The lowest BCUT2D eigenvalue weighted by molar-refractivity contribution is -0.132. The van der Waals surface area contributed by atoms with Gasteiger partial charge in [-0.1, -0.05) is 36.4 Å². The van der Waals surface area contributed by atoms with Crippen LogP contribution in [-0.2, 0) is 14.4 Å². The van der Waals surface area contributed by atoms with E-state index in [1.54, 1.807) is 66.7 Å². The van der Waals surface area contributed by atoms with E-state index in [1.165, 1.54) is 18.1 Å². The number of carbonyl (C=O) groups is 3. The summed E-state index contributed by atoms with van der Waals surface area (Å²) in [5.74, 6) is -1.83. The molecule has 2 amide bonds. The van der Waals surface area contributed by atoms with Gasteiger partial charge in [0.1, 0.15) is 17.6 Å². The first-order chi connectivity index (χ1) is 14.5. The summed E-state index contributed by atoms with van der Waals surface area (Å²) in [6, 6.07) is 17.4. The minimum absolute atomic E-state index is 0.0638. The molecule has 0 bridgehead atoms. The molecule has 0 saturated carbocycles. The van der Waals surface area contributed by atoms with Crippen molar-refractivity contribution in [1.82, 2.24) is 0 Å². The molecule has 2 aromatic carbocycles. The maximum Gasteiger partial charge on any atom is 0.300 e. The quantitative estimate of drug-likeness (QED) is 0.392. The molecule has 7 nitrogen and oxygen atoms in total. The van der Waals surface area contributed by atoms with Gasteiger partial charge in [-0.25, -0.2) is 0 Å². The van der Waals surface area contributed by atoms with Crippen molar-refractivity contribution in [1.29, 1.82) is 0 Å². The van der Waals surface area contributed by atoms with Crippen molar-refractivity contribution in [3.8, 4) is 0 Å². The number of aliphatic hydroxyl groups excluding tert-OH is 1. The molecule has 1 atom stereocenters. The first-order valence-electron chi connectivity index (χ1n) is 9.25. The largest absolute Gasteiger partial charge is 0.507 e. The highest BCUT2D eigenvalue weighted by molar-refractivity contribution is 6.51. The molecule has 0 radical (unpaired) electrons. The number of nitrogens with one attached hydrogen (secondary N) is 1. The molecule has 0 aliphatic carbocycles. The van der Waals surface area contributed by atoms with Crippen molar-refractivity contribution < 1.29 is 23.9 Å². The molecule has 1 aliphatic rings. The number of anilines is 2. The zero-order valence-corrected chi connectivity index (χ0v) is 16.0. The number of hydrogen-bond donors (Lipinski definition) is 2. The van der Waals surface area contributed by atoms with Gasteiger partial charge >= 0.3 is 0 Å². The van der Waals surface area contributed by atoms with E-state index < -0.39 is 17.7 Å². The Bertz CT molecular complexity index is 1150. The van der Waals surface area contributed by atoms with E-state index >= 15 is 0 Å². The summed E-state index contributed by atoms with van der Waals surface area (Å²) in [6.07, 6.45) is 1.44. The van der Waals surface area contributed by atoms with Crippen LogP contribution in [0.3, 0.4) is 0 Å². The van der Waals surface area contributed by atoms with E-state index in [-0.39, 0.29) is 17.2 Å². The van der Waals surface area contributed by atoms with Crippen LogP contribution < -0.4 is 10.2 Å². The summed E-state index contributed by atoms with van der Waals surface area (Å²) in [5.41, 5.74) is 1.21. The number of hydrogen-bond acceptors (Lipinski definition) is 5. The number of furan rings is 1. The van der Waals surface area contributed by atoms with Gasteiger partial charge in [0.05, 0.1) is 11.8 Å². The minimum atomic E-state index is -0.951. The fourth-order valence-corrected chi connectivity index (χ4v) is 3.50. The van der Waals surface area contributed by atoms with Crippen molar-refractivity contribution in [3.63, 3.8) is 0 Å². The van der Waals surface area contributed by atoms with E-state index in [0.29, 0.717) is 22.7 Å². The summed E-state index contributed by atoms with van der Waals surface area (Å²) in [5, 5.41) is 13.6. The number of benzene rings is 2. The van der Waals surface area contributed by atoms with Gasteiger partial charge in [-0.3, -0.25) is 19.3 Å². The Labute approximate surface area is 172 Å². The van der Waals surface area contributed by atoms with Gasteiger partial charge in [-0.05, 0) is 30.3 Å². The second-order valence-electron chi connectivity index (χ2n) is 6.78. The summed E-state index contributed by atoms with van der Waals surface area (Å²) in [4.78, 5) is 38.6. The van der Waals surface area contributed by atoms with Gasteiger partial charge in [0.15, 0.2) is 0 Å². The fraction of sp³-hybridized carbons (Fsp3) is 0.0870. The Morgan fingerprint density at radius 3 is 2.47 bits per heavy atom. The van der Waals surface area contributed by atoms with Gasteiger partial charge in [-0.15, -0.1) is 0 Å². The molecule has 150 valence electrons.